The molecule has 224 valence electrons. The van der Waals surface area contributed by atoms with Gasteiger partial charge in [-0.05, 0) is 54.9 Å². The second kappa shape index (κ2) is 13.0. The van der Waals surface area contributed by atoms with Gasteiger partial charge >= 0.3 is 0 Å². The molecule has 4 aromatic rings. The monoisotopic (exact) mass is 583 g/mol. The average Bonchev–Trinajstić information content (AvgIpc) is 3.47. The quantitative estimate of drug-likeness (QED) is 0.268. The predicted molar refractivity (Wildman–Crippen MR) is 166 cm³/mol. The van der Waals surface area contributed by atoms with Gasteiger partial charge in [-0.25, -0.2) is 4.39 Å². The van der Waals surface area contributed by atoms with Gasteiger partial charge in [-0.1, -0.05) is 36.4 Å². The molecule has 2 unspecified atom stereocenters. The van der Waals surface area contributed by atoms with Crippen molar-refractivity contribution in [2.45, 2.75) is 18.4 Å². The highest BCUT2D eigenvalue weighted by Gasteiger charge is 2.44. The Morgan fingerprint density at radius 3 is 2.49 bits per heavy atom. The minimum absolute atomic E-state index is 0.0845. The Hall–Kier alpha value is -4.21. The van der Waals surface area contributed by atoms with E-state index >= 15 is 0 Å². The zero-order valence-electron chi connectivity index (χ0n) is 24.5. The van der Waals surface area contributed by atoms with E-state index in [4.69, 9.17) is 4.74 Å². The maximum absolute atomic E-state index is 14.1. The molecule has 2 aliphatic rings. The second-order valence-corrected chi connectivity index (χ2v) is 11.2. The van der Waals surface area contributed by atoms with Crippen LogP contribution in [-0.2, 0) is 9.53 Å². The Kier molecular flexibility index (Phi) is 8.72. The van der Waals surface area contributed by atoms with Gasteiger partial charge in [0.05, 0.1) is 18.6 Å². The number of piperazine rings is 1. The van der Waals surface area contributed by atoms with E-state index in [0.717, 1.165) is 66.9 Å². The Balaban J connectivity index is 1.16. The van der Waals surface area contributed by atoms with Crippen LogP contribution in [0.5, 0.6) is 0 Å². The van der Waals surface area contributed by atoms with Crippen molar-refractivity contribution in [3.8, 4) is 0 Å². The molecule has 2 N–H and O–H groups in total. The fourth-order valence-electron chi connectivity index (χ4n) is 6.50. The average molecular weight is 584 g/mol. The van der Waals surface area contributed by atoms with E-state index in [-0.39, 0.29) is 17.6 Å². The summed E-state index contributed by atoms with van der Waals surface area (Å²) in [5.74, 6) is -0.960. The largest absolute Gasteiger partial charge is 0.383 e. The summed E-state index contributed by atoms with van der Waals surface area (Å²) in [5, 5.41) is 4.21. The lowest BCUT2D eigenvalue weighted by molar-refractivity contribution is -0.124. The predicted octanol–water partition coefficient (Wildman–Crippen LogP) is 4.56. The van der Waals surface area contributed by atoms with E-state index in [0.29, 0.717) is 25.3 Å². The standard InChI is InChI=1S/C34H38FN5O3/c1-43-22-21-40-32(29-23-37-30-10-5-4-7-26(29)30)31(27-8-2-3-9-28(27)34(40)42)33(41)36-15-6-16-38-17-19-39(20-18-38)25-13-11-24(35)12-14-25/h2-5,7-14,23,31-32,37H,6,15-22H2,1H3,(H,36,41). The fourth-order valence-corrected chi connectivity index (χ4v) is 6.50. The smallest absolute Gasteiger partial charge is 0.254 e. The van der Waals surface area contributed by atoms with E-state index in [1.807, 2.05) is 66.9 Å². The van der Waals surface area contributed by atoms with Gasteiger partial charge in [0, 0.05) is 80.3 Å². The summed E-state index contributed by atoms with van der Waals surface area (Å²) in [6.45, 7) is 5.77. The van der Waals surface area contributed by atoms with Crippen molar-refractivity contribution in [1.29, 1.82) is 0 Å². The van der Waals surface area contributed by atoms with E-state index in [9.17, 15) is 14.0 Å². The number of carbonyl (C=O) groups excluding carboxylic acids is 2. The van der Waals surface area contributed by atoms with Gasteiger partial charge < -0.3 is 24.8 Å². The number of fused-ring (bicyclic) bond motifs is 2. The topological polar surface area (TPSA) is 80.9 Å². The molecule has 0 spiro atoms. The summed E-state index contributed by atoms with van der Waals surface area (Å²) >= 11 is 0. The molecule has 1 fully saturated rings. The van der Waals surface area contributed by atoms with Gasteiger partial charge in [0.25, 0.3) is 5.91 Å². The van der Waals surface area contributed by atoms with E-state index < -0.39 is 12.0 Å². The number of nitrogens with zero attached hydrogens (tertiary/aromatic N) is 3. The summed E-state index contributed by atoms with van der Waals surface area (Å²) in [4.78, 5) is 37.7. The third-order valence-corrected chi connectivity index (χ3v) is 8.71. The molecule has 1 saturated heterocycles. The number of ether oxygens (including phenoxy) is 1. The third-order valence-electron chi connectivity index (χ3n) is 8.71. The van der Waals surface area contributed by atoms with Crippen LogP contribution >= 0.6 is 0 Å². The zero-order valence-corrected chi connectivity index (χ0v) is 24.5. The maximum Gasteiger partial charge on any atom is 0.254 e. The molecular formula is C34H38FN5O3. The number of rotatable bonds is 10. The van der Waals surface area contributed by atoms with Gasteiger partial charge in [-0.2, -0.15) is 0 Å². The number of aromatic amines is 1. The number of benzene rings is 3. The Morgan fingerprint density at radius 1 is 0.953 bits per heavy atom. The van der Waals surface area contributed by atoms with E-state index in [2.05, 4.69) is 20.1 Å². The summed E-state index contributed by atoms with van der Waals surface area (Å²) in [5.41, 5.74) is 4.26. The molecule has 1 aromatic heterocycles. The van der Waals surface area contributed by atoms with Crippen molar-refractivity contribution in [2.75, 3.05) is 64.4 Å². The molecule has 0 bridgehead atoms. The molecular weight excluding hydrogens is 545 g/mol. The fraction of sp³-hybridized carbons (Fsp3) is 0.353. The summed E-state index contributed by atoms with van der Waals surface area (Å²) < 4.78 is 18.7. The molecule has 43 heavy (non-hydrogen) atoms. The number of para-hydroxylation sites is 1. The first-order chi connectivity index (χ1) is 21.0. The third kappa shape index (κ3) is 6.00. The Morgan fingerprint density at radius 2 is 1.70 bits per heavy atom. The lowest BCUT2D eigenvalue weighted by Crippen LogP contribution is -2.49. The van der Waals surface area contributed by atoms with Crippen LogP contribution in [-0.4, -0.2) is 86.1 Å². The van der Waals surface area contributed by atoms with Crippen LogP contribution in [0, 0.1) is 5.82 Å². The highest BCUT2D eigenvalue weighted by atomic mass is 19.1. The number of anilines is 1. The molecule has 2 amide bonds. The summed E-state index contributed by atoms with van der Waals surface area (Å²) in [7, 11) is 1.62. The highest BCUT2D eigenvalue weighted by Crippen LogP contribution is 2.44. The first-order valence-electron chi connectivity index (χ1n) is 15.0. The van der Waals surface area contributed by atoms with Crippen LogP contribution in [0.4, 0.5) is 10.1 Å². The summed E-state index contributed by atoms with van der Waals surface area (Å²) in [6.07, 6.45) is 2.75. The minimum atomic E-state index is -0.566. The molecule has 2 aliphatic heterocycles. The molecule has 6 rings (SSSR count). The number of aromatic nitrogens is 1. The highest BCUT2D eigenvalue weighted by molar-refractivity contribution is 6.02. The number of methoxy groups -OCH3 is 1. The molecule has 8 nitrogen and oxygen atoms in total. The van der Waals surface area contributed by atoms with E-state index in [1.165, 1.54) is 12.1 Å². The van der Waals surface area contributed by atoms with Crippen LogP contribution in [0.15, 0.2) is 79.0 Å². The number of amides is 2. The van der Waals surface area contributed by atoms with Crippen LogP contribution in [0.3, 0.4) is 0 Å². The van der Waals surface area contributed by atoms with Gasteiger partial charge in [0.1, 0.15) is 5.82 Å². The summed E-state index contributed by atoms with van der Waals surface area (Å²) in [6, 6.07) is 21.7. The lowest BCUT2D eigenvalue weighted by Gasteiger charge is -2.41. The molecule has 0 saturated carbocycles. The zero-order chi connectivity index (χ0) is 29.8. The van der Waals surface area contributed by atoms with Gasteiger partial charge in [-0.3, -0.25) is 14.5 Å². The van der Waals surface area contributed by atoms with Crippen LogP contribution in [0.25, 0.3) is 10.9 Å². The Bertz CT molecular complexity index is 1560. The number of hydrogen-bond acceptors (Lipinski definition) is 5. The van der Waals surface area contributed by atoms with Crippen LogP contribution in [0.1, 0.15) is 39.9 Å². The van der Waals surface area contributed by atoms with Crippen molar-refractivity contribution in [1.82, 2.24) is 20.1 Å². The molecule has 0 radical (unpaired) electrons. The molecule has 9 heteroatoms. The molecule has 3 heterocycles. The van der Waals surface area contributed by atoms with Crippen molar-refractivity contribution in [2.24, 2.45) is 0 Å². The van der Waals surface area contributed by atoms with Crippen molar-refractivity contribution >= 4 is 28.4 Å². The number of H-pyrrole nitrogens is 1. The number of carbonyl (C=O) groups is 2. The Labute approximate surface area is 251 Å². The molecule has 0 aliphatic carbocycles. The van der Waals surface area contributed by atoms with Crippen molar-refractivity contribution < 1.29 is 18.7 Å². The van der Waals surface area contributed by atoms with Crippen LogP contribution < -0.4 is 10.2 Å². The van der Waals surface area contributed by atoms with Gasteiger partial charge in [0.2, 0.25) is 5.91 Å². The first kappa shape index (κ1) is 28.9. The minimum Gasteiger partial charge on any atom is -0.383 e. The number of nitrogens with one attached hydrogen (secondary N) is 2. The lowest BCUT2D eigenvalue weighted by atomic mass is 9.79. The van der Waals surface area contributed by atoms with Crippen molar-refractivity contribution in [3.05, 3.63) is 102 Å². The van der Waals surface area contributed by atoms with Gasteiger partial charge in [-0.15, -0.1) is 0 Å². The van der Waals surface area contributed by atoms with Gasteiger partial charge in [0.15, 0.2) is 0 Å². The maximum atomic E-state index is 14.1. The molecule has 3 aromatic carbocycles. The number of hydrogen-bond donors (Lipinski definition) is 2. The number of halogens is 1. The second-order valence-electron chi connectivity index (χ2n) is 11.2. The van der Waals surface area contributed by atoms with Crippen molar-refractivity contribution in [3.63, 3.8) is 0 Å². The van der Waals surface area contributed by atoms with E-state index in [1.54, 1.807) is 12.0 Å². The first-order valence-corrected chi connectivity index (χ1v) is 15.0. The van der Waals surface area contributed by atoms with Crippen LogP contribution in [0.2, 0.25) is 0 Å². The SMILES string of the molecule is COCCN1C(=O)c2ccccc2C(C(=O)NCCCN2CCN(c3ccc(F)cc3)CC2)C1c1c[nH]c2ccccc12. The molecule has 2 atom stereocenters. The normalized spacial score (nSPS) is 19.1.